The van der Waals surface area contributed by atoms with Crippen molar-refractivity contribution >= 4 is 29.3 Å². The first kappa shape index (κ1) is 15.3. The lowest BCUT2D eigenvalue weighted by atomic mass is 10.0. The molecule has 18 heavy (non-hydrogen) atoms. The van der Waals surface area contributed by atoms with Crippen LogP contribution < -0.4 is 11.1 Å². The molecule has 0 bridgehead atoms. The van der Waals surface area contributed by atoms with Crippen molar-refractivity contribution in [3.8, 4) is 0 Å². The van der Waals surface area contributed by atoms with E-state index in [0.717, 1.165) is 15.7 Å². The van der Waals surface area contributed by atoms with Crippen molar-refractivity contribution in [3.63, 3.8) is 0 Å². The van der Waals surface area contributed by atoms with Crippen LogP contribution in [-0.2, 0) is 4.79 Å². The molecule has 0 aliphatic carbocycles. The maximum Gasteiger partial charge on any atom is 0.224 e. The summed E-state index contributed by atoms with van der Waals surface area (Å²) < 4.78 is 0. The van der Waals surface area contributed by atoms with E-state index < -0.39 is 0 Å². The highest BCUT2D eigenvalue weighted by atomic mass is 35.5. The van der Waals surface area contributed by atoms with Gasteiger partial charge in [0, 0.05) is 34.2 Å². The molecule has 1 aromatic carbocycles. The molecular weight excluding hydrogens is 268 g/mol. The van der Waals surface area contributed by atoms with Crippen LogP contribution in [0.2, 0.25) is 5.02 Å². The summed E-state index contributed by atoms with van der Waals surface area (Å²) in [6, 6.07) is 7.55. The van der Waals surface area contributed by atoms with Gasteiger partial charge >= 0.3 is 0 Å². The van der Waals surface area contributed by atoms with Crippen LogP contribution in [0.25, 0.3) is 0 Å². The molecule has 0 aliphatic heterocycles. The van der Waals surface area contributed by atoms with Crippen LogP contribution in [0.4, 0.5) is 0 Å². The summed E-state index contributed by atoms with van der Waals surface area (Å²) in [5.74, 6) is 0.700. The van der Waals surface area contributed by atoms with Gasteiger partial charge in [0.1, 0.15) is 0 Å². The molecule has 1 aromatic rings. The number of carbonyl (C=O) groups excluding carboxylic acids is 1. The van der Waals surface area contributed by atoms with Gasteiger partial charge in [-0.3, -0.25) is 4.79 Å². The van der Waals surface area contributed by atoms with E-state index in [1.54, 1.807) is 11.8 Å². The average Bonchev–Trinajstić information content (AvgIpc) is 2.35. The Balaban J connectivity index is 2.23. The Bertz CT molecular complexity index is 381. The molecule has 1 amide bonds. The van der Waals surface area contributed by atoms with Crippen LogP contribution in [0.5, 0.6) is 0 Å². The minimum atomic E-state index is -0.148. The number of hydrogen-bond donors (Lipinski definition) is 2. The van der Waals surface area contributed by atoms with Gasteiger partial charge in [0.15, 0.2) is 0 Å². The smallest absolute Gasteiger partial charge is 0.224 e. The van der Waals surface area contributed by atoms with E-state index >= 15 is 0 Å². The fourth-order valence-electron chi connectivity index (χ4n) is 1.27. The van der Waals surface area contributed by atoms with Crippen LogP contribution in [0.1, 0.15) is 13.8 Å². The molecule has 0 spiro atoms. The highest BCUT2D eigenvalue weighted by Gasteiger charge is 2.15. The van der Waals surface area contributed by atoms with Gasteiger partial charge in [-0.05, 0) is 31.2 Å². The zero-order valence-electron chi connectivity index (χ0n) is 10.7. The summed E-state index contributed by atoms with van der Waals surface area (Å²) in [7, 11) is 0. The predicted molar refractivity (Wildman–Crippen MR) is 78.0 cm³/mol. The maximum absolute atomic E-state index is 11.6. The molecule has 2 atom stereocenters. The number of carbonyl (C=O) groups is 1. The molecule has 3 nitrogen and oxygen atoms in total. The second kappa shape index (κ2) is 7.67. The maximum atomic E-state index is 11.6. The zero-order chi connectivity index (χ0) is 13.5. The first-order valence-electron chi connectivity index (χ1n) is 5.92. The first-order chi connectivity index (χ1) is 8.50. The lowest BCUT2D eigenvalue weighted by molar-refractivity contribution is -0.124. The Morgan fingerprint density at radius 3 is 2.56 bits per heavy atom. The first-order valence-corrected chi connectivity index (χ1v) is 7.28. The monoisotopic (exact) mass is 286 g/mol. The number of benzene rings is 1. The number of nitrogens with two attached hydrogens (primary N) is 1. The third-order valence-corrected chi connectivity index (χ3v) is 3.95. The summed E-state index contributed by atoms with van der Waals surface area (Å²) in [6.45, 7) is 4.32. The Kier molecular flexibility index (Phi) is 6.54. The molecule has 0 aliphatic rings. The predicted octanol–water partition coefficient (Wildman–Crippen LogP) is 2.53. The molecule has 5 heteroatoms. The zero-order valence-corrected chi connectivity index (χ0v) is 12.2. The quantitative estimate of drug-likeness (QED) is 0.624. The van der Waals surface area contributed by atoms with Gasteiger partial charge in [-0.2, -0.15) is 0 Å². The average molecular weight is 287 g/mol. The molecule has 0 radical (unpaired) electrons. The highest BCUT2D eigenvalue weighted by Crippen LogP contribution is 2.19. The van der Waals surface area contributed by atoms with Crippen LogP contribution in [0.3, 0.4) is 0 Å². The van der Waals surface area contributed by atoms with Crippen LogP contribution in [0.15, 0.2) is 29.2 Å². The van der Waals surface area contributed by atoms with Gasteiger partial charge in [0.2, 0.25) is 5.91 Å². The van der Waals surface area contributed by atoms with Crippen molar-refractivity contribution < 1.29 is 4.79 Å². The second-order valence-corrected chi connectivity index (χ2v) is 5.85. The fourth-order valence-corrected chi connectivity index (χ4v) is 2.17. The Morgan fingerprint density at radius 1 is 1.39 bits per heavy atom. The topological polar surface area (TPSA) is 55.1 Å². The minimum Gasteiger partial charge on any atom is -0.355 e. The highest BCUT2D eigenvalue weighted by molar-refractivity contribution is 7.99. The second-order valence-electron chi connectivity index (χ2n) is 4.24. The van der Waals surface area contributed by atoms with E-state index in [-0.39, 0.29) is 17.9 Å². The Hall–Kier alpha value is -0.710. The number of hydrogen-bond acceptors (Lipinski definition) is 3. The molecule has 0 heterocycles. The van der Waals surface area contributed by atoms with Crippen molar-refractivity contribution in [2.75, 3.05) is 12.3 Å². The number of rotatable bonds is 6. The molecule has 0 aromatic heterocycles. The van der Waals surface area contributed by atoms with Gasteiger partial charge < -0.3 is 11.1 Å². The molecular formula is C13H19ClN2OS. The molecule has 100 valence electrons. The molecule has 3 N–H and O–H groups in total. The molecule has 2 unspecified atom stereocenters. The number of nitrogens with one attached hydrogen (secondary N) is 1. The third-order valence-electron chi connectivity index (χ3n) is 2.69. The normalized spacial score (nSPS) is 14.0. The molecule has 0 saturated carbocycles. The number of thioether (sulfide) groups is 1. The van der Waals surface area contributed by atoms with Gasteiger partial charge in [-0.25, -0.2) is 0 Å². The van der Waals surface area contributed by atoms with Crippen LogP contribution in [0, 0.1) is 5.92 Å². The summed E-state index contributed by atoms with van der Waals surface area (Å²) in [5, 5.41) is 3.61. The lowest BCUT2D eigenvalue weighted by Crippen LogP contribution is -2.39. The van der Waals surface area contributed by atoms with Crippen molar-refractivity contribution in [1.29, 1.82) is 0 Å². The third kappa shape index (κ3) is 5.29. The van der Waals surface area contributed by atoms with Gasteiger partial charge in [-0.1, -0.05) is 18.5 Å². The van der Waals surface area contributed by atoms with E-state index in [4.69, 9.17) is 17.3 Å². The van der Waals surface area contributed by atoms with E-state index in [1.807, 2.05) is 38.1 Å². The molecule has 0 fully saturated rings. The largest absolute Gasteiger partial charge is 0.355 e. The Morgan fingerprint density at radius 2 is 2.00 bits per heavy atom. The fraction of sp³-hybridized carbons (Fsp3) is 0.462. The summed E-state index contributed by atoms with van der Waals surface area (Å²) in [5.41, 5.74) is 5.67. The van der Waals surface area contributed by atoms with Crippen molar-refractivity contribution in [3.05, 3.63) is 29.3 Å². The lowest BCUT2D eigenvalue weighted by Gasteiger charge is -2.15. The van der Waals surface area contributed by atoms with Crippen molar-refractivity contribution in [2.45, 2.75) is 24.8 Å². The standard InChI is InChI=1S/C13H19ClN2OS/c1-9(10(2)15)13(17)16-7-8-18-12-5-3-11(14)4-6-12/h3-6,9-10H,7-8,15H2,1-2H3,(H,16,17). The van der Waals surface area contributed by atoms with Crippen molar-refractivity contribution in [2.24, 2.45) is 11.7 Å². The van der Waals surface area contributed by atoms with Crippen molar-refractivity contribution in [1.82, 2.24) is 5.32 Å². The van der Waals surface area contributed by atoms with Gasteiger partial charge in [0.05, 0.1) is 0 Å². The van der Waals surface area contributed by atoms with Crippen LogP contribution in [-0.4, -0.2) is 24.2 Å². The molecule has 1 rings (SSSR count). The van der Waals surface area contributed by atoms with Gasteiger partial charge in [-0.15, -0.1) is 11.8 Å². The number of halogens is 1. The summed E-state index contributed by atoms with van der Waals surface area (Å²) in [6.07, 6.45) is 0. The SMILES string of the molecule is CC(N)C(C)C(=O)NCCSc1ccc(Cl)cc1. The summed E-state index contributed by atoms with van der Waals surface area (Å²) in [4.78, 5) is 12.8. The van der Waals surface area contributed by atoms with E-state index in [2.05, 4.69) is 5.32 Å². The van der Waals surface area contributed by atoms with Crippen LogP contribution >= 0.6 is 23.4 Å². The summed E-state index contributed by atoms with van der Waals surface area (Å²) >= 11 is 7.49. The number of amides is 1. The van der Waals surface area contributed by atoms with Gasteiger partial charge in [0.25, 0.3) is 0 Å². The van der Waals surface area contributed by atoms with E-state index in [0.29, 0.717) is 6.54 Å². The van der Waals surface area contributed by atoms with E-state index in [9.17, 15) is 4.79 Å². The minimum absolute atomic E-state index is 0.0155. The Labute approximate surface area is 117 Å². The molecule has 0 saturated heterocycles. The van der Waals surface area contributed by atoms with E-state index in [1.165, 1.54) is 0 Å².